The number of carboxylic acid groups (broad SMARTS) is 1. The fourth-order valence-corrected chi connectivity index (χ4v) is 8.76. The number of nitrogens with zero attached hydrogens (tertiary/aromatic N) is 2. The van der Waals surface area contributed by atoms with Crippen molar-refractivity contribution in [3.05, 3.63) is 71.6 Å². The van der Waals surface area contributed by atoms with Crippen molar-refractivity contribution in [1.29, 1.82) is 0 Å². The lowest BCUT2D eigenvalue weighted by molar-refractivity contribution is -0.119. The molecule has 1 aliphatic carbocycles. The highest BCUT2D eigenvalue weighted by Gasteiger charge is 2.22. The molecule has 1 heterocycles. The summed E-state index contributed by atoms with van der Waals surface area (Å²) < 4.78 is 69.5. The number of amides is 2. The summed E-state index contributed by atoms with van der Waals surface area (Å²) in [5.41, 5.74) is 3.28. The van der Waals surface area contributed by atoms with E-state index < -0.39 is 37.7 Å². The van der Waals surface area contributed by atoms with Gasteiger partial charge in [0.1, 0.15) is 18.4 Å². The van der Waals surface area contributed by atoms with E-state index in [1.807, 2.05) is 60.0 Å². The third kappa shape index (κ3) is 12.7. The SMILES string of the molecule is CN(CCNC(=O)CSCCS(=O)(=O)O)c1ccc2c(-c3ccccc3C(=O)O)c3ccc(=[N+](C)CCNC(=O)CSCCS(=O)(=O)O)cc-3oc2c1. The van der Waals surface area contributed by atoms with Crippen molar-refractivity contribution in [2.45, 2.75) is 0 Å². The zero-order chi connectivity index (χ0) is 38.8. The Bertz CT molecular complexity index is 2220. The van der Waals surface area contributed by atoms with Gasteiger partial charge < -0.3 is 25.1 Å². The van der Waals surface area contributed by atoms with E-state index in [2.05, 4.69) is 10.6 Å². The standard InChI is InChI=1S/C34H40N4O11S4/c1-37(13-11-35-31(39)21-50-15-17-52(43,44)45)23-7-9-27-29(19-23)49-30-20-24(38(2)14-12-36-32(40)22-51-16-18-53(46,47)48)8-10-28(30)33(27)25-5-3-4-6-26(25)34(41)42/h3-10,19-20H,11-18,21-22H2,1-2H3,(H4-,35,36,39,40,41,42,43,44,45,46,47,48)/p+1. The first-order chi connectivity index (χ1) is 25.0. The number of thioether (sulfide) groups is 2. The van der Waals surface area contributed by atoms with Crippen LogP contribution < -0.4 is 25.5 Å². The second kappa shape index (κ2) is 18.8. The van der Waals surface area contributed by atoms with Gasteiger partial charge in [-0.2, -0.15) is 40.4 Å². The topological polar surface area (TPSA) is 224 Å². The van der Waals surface area contributed by atoms with Crippen molar-refractivity contribution in [2.75, 3.05) is 79.7 Å². The second-order valence-electron chi connectivity index (χ2n) is 11.9. The summed E-state index contributed by atoms with van der Waals surface area (Å²) >= 11 is 2.21. The quantitative estimate of drug-likeness (QED) is 0.0397. The van der Waals surface area contributed by atoms with E-state index >= 15 is 0 Å². The molecular weight excluding hydrogens is 769 g/mol. The Kier molecular flexibility index (Phi) is 14.7. The Hall–Kier alpha value is -4.14. The molecule has 0 saturated heterocycles. The number of carboxylic acids is 1. The number of benzene rings is 3. The number of anilines is 1. The van der Waals surface area contributed by atoms with E-state index in [1.165, 1.54) is 0 Å². The van der Waals surface area contributed by atoms with Gasteiger partial charge in [-0.05, 0) is 29.8 Å². The van der Waals surface area contributed by atoms with Gasteiger partial charge in [0.2, 0.25) is 17.2 Å². The van der Waals surface area contributed by atoms with Crippen LogP contribution in [0.2, 0.25) is 0 Å². The molecule has 0 atom stereocenters. The number of carbonyl (C=O) groups is 3. The van der Waals surface area contributed by atoms with Crippen LogP contribution in [0.15, 0.2) is 65.1 Å². The van der Waals surface area contributed by atoms with Crippen molar-refractivity contribution in [3.63, 3.8) is 0 Å². The van der Waals surface area contributed by atoms with Crippen molar-refractivity contribution >= 4 is 78.2 Å². The minimum absolute atomic E-state index is 0.0503. The maximum Gasteiger partial charge on any atom is 0.336 e. The third-order valence-electron chi connectivity index (χ3n) is 7.97. The summed E-state index contributed by atoms with van der Waals surface area (Å²) in [6, 6.07) is 17.9. The molecule has 0 bridgehead atoms. The number of likely N-dealkylation sites (N-methyl/N-ethyl adjacent to an activating group) is 2. The Morgan fingerprint density at radius 2 is 1.45 bits per heavy atom. The van der Waals surface area contributed by atoms with Gasteiger partial charge in [-0.1, -0.05) is 18.2 Å². The molecule has 0 aromatic heterocycles. The number of rotatable bonds is 19. The van der Waals surface area contributed by atoms with Crippen LogP contribution in [0.5, 0.6) is 0 Å². The van der Waals surface area contributed by atoms with Crippen molar-refractivity contribution in [2.24, 2.45) is 0 Å². The van der Waals surface area contributed by atoms with Crippen LogP contribution in [0.3, 0.4) is 0 Å². The summed E-state index contributed by atoms with van der Waals surface area (Å²) in [5.74, 6) is -1.67. The zero-order valence-electron chi connectivity index (χ0n) is 29.0. The van der Waals surface area contributed by atoms with Gasteiger partial charge >= 0.3 is 5.97 Å². The molecule has 0 fully saturated rings. The molecule has 1 aliphatic heterocycles. The molecular formula is C34H41N4O11S4+. The van der Waals surface area contributed by atoms with Crippen molar-refractivity contribution in [1.82, 2.24) is 15.2 Å². The Morgan fingerprint density at radius 3 is 2.08 bits per heavy atom. The van der Waals surface area contributed by atoms with Crippen molar-refractivity contribution < 1.29 is 49.8 Å². The summed E-state index contributed by atoms with van der Waals surface area (Å²) in [6.45, 7) is 1.48. The smallest absolute Gasteiger partial charge is 0.336 e. The fourth-order valence-electron chi connectivity index (χ4n) is 5.26. The second-order valence-corrected chi connectivity index (χ2v) is 17.3. The lowest BCUT2D eigenvalue weighted by atomic mass is 9.90. The zero-order valence-corrected chi connectivity index (χ0v) is 32.2. The molecule has 4 rings (SSSR count). The number of hydrogen-bond donors (Lipinski definition) is 5. The van der Waals surface area contributed by atoms with E-state index in [0.29, 0.717) is 59.6 Å². The average molecular weight is 810 g/mol. The minimum atomic E-state index is -4.08. The van der Waals surface area contributed by atoms with Crippen LogP contribution in [-0.4, -0.2) is 124 Å². The summed E-state index contributed by atoms with van der Waals surface area (Å²) in [7, 11) is -4.46. The molecule has 2 amide bonds. The van der Waals surface area contributed by atoms with E-state index in [9.17, 15) is 36.3 Å². The maximum absolute atomic E-state index is 12.3. The lowest BCUT2D eigenvalue weighted by Crippen LogP contribution is -2.36. The molecule has 0 saturated carbocycles. The highest BCUT2D eigenvalue weighted by atomic mass is 32.2. The number of hydrogen-bond acceptors (Lipinski definition) is 11. The number of aromatic carboxylic acids is 1. The molecule has 2 aromatic carbocycles. The fraction of sp³-hybridized carbons (Fsp3) is 0.353. The summed E-state index contributed by atoms with van der Waals surface area (Å²) in [4.78, 5) is 38.6. The first-order valence-electron chi connectivity index (χ1n) is 16.2. The Labute approximate surface area is 315 Å². The van der Waals surface area contributed by atoms with Crippen LogP contribution in [0.4, 0.5) is 5.69 Å². The molecule has 5 N–H and O–H groups in total. The molecule has 286 valence electrons. The van der Waals surface area contributed by atoms with Gasteiger partial charge in [0.25, 0.3) is 20.2 Å². The average Bonchev–Trinajstić information content (AvgIpc) is 3.09. The van der Waals surface area contributed by atoms with Crippen LogP contribution in [-0.2, 0) is 29.8 Å². The molecule has 19 heteroatoms. The first-order valence-corrected chi connectivity index (χ1v) is 21.7. The number of carbonyl (C=O) groups excluding carboxylic acids is 2. The molecule has 2 aromatic rings. The van der Waals surface area contributed by atoms with E-state index in [0.717, 1.165) is 34.6 Å². The van der Waals surface area contributed by atoms with Gasteiger partial charge in [0, 0.05) is 66.0 Å². The number of fused-ring (bicyclic) bond motifs is 2. The largest absolute Gasteiger partial charge is 0.478 e. The normalized spacial score (nSPS) is 12.5. The third-order valence-corrected chi connectivity index (χ3v) is 11.8. The number of nitrogens with one attached hydrogen (secondary N) is 2. The molecule has 53 heavy (non-hydrogen) atoms. The van der Waals surface area contributed by atoms with Gasteiger partial charge in [-0.3, -0.25) is 18.7 Å². The highest BCUT2D eigenvalue weighted by molar-refractivity contribution is 8.01. The predicted octanol–water partition coefficient (Wildman–Crippen LogP) is 2.22. The van der Waals surface area contributed by atoms with Gasteiger partial charge in [-0.25, -0.2) is 9.37 Å². The molecule has 0 radical (unpaired) electrons. The molecule has 0 spiro atoms. The Balaban J connectivity index is 1.57. The summed E-state index contributed by atoms with van der Waals surface area (Å²) in [6.07, 6.45) is 0. The monoisotopic (exact) mass is 809 g/mol. The molecule has 2 aliphatic rings. The van der Waals surface area contributed by atoms with Gasteiger partial charge in [-0.15, -0.1) is 0 Å². The van der Waals surface area contributed by atoms with Gasteiger partial charge in [0.05, 0.1) is 41.2 Å². The Morgan fingerprint density at radius 1 is 0.830 bits per heavy atom. The maximum atomic E-state index is 12.3. The van der Waals surface area contributed by atoms with E-state index in [-0.39, 0.29) is 40.4 Å². The van der Waals surface area contributed by atoms with Crippen LogP contribution in [0, 0.1) is 0 Å². The van der Waals surface area contributed by atoms with Crippen LogP contribution >= 0.6 is 23.5 Å². The highest BCUT2D eigenvalue weighted by Crippen LogP contribution is 2.42. The van der Waals surface area contributed by atoms with Crippen molar-refractivity contribution in [3.8, 4) is 22.5 Å². The first kappa shape index (κ1) is 41.6. The van der Waals surface area contributed by atoms with Gasteiger partial charge in [0.15, 0.2) is 6.54 Å². The molecule has 15 nitrogen and oxygen atoms in total. The van der Waals surface area contributed by atoms with Crippen LogP contribution in [0.1, 0.15) is 10.4 Å². The van der Waals surface area contributed by atoms with E-state index in [4.69, 9.17) is 13.5 Å². The summed E-state index contributed by atoms with van der Waals surface area (Å²) in [5, 5.41) is 17.1. The lowest BCUT2D eigenvalue weighted by Gasteiger charge is -2.21. The van der Waals surface area contributed by atoms with Crippen LogP contribution in [0.25, 0.3) is 33.4 Å². The van der Waals surface area contributed by atoms with E-state index in [1.54, 1.807) is 24.3 Å². The minimum Gasteiger partial charge on any atom is -0.478 e. The molecule has 0 unspecified atom stereocenters. The predicted molar refractivity (Wildman–Crippen MR) is 208 cm³/mol.